The smallest absolute Gasteiger partial charge is 0.326 e. The highest BCUT2D eigenvalue weighted by Crippen LogP contribution is 2.23. The molecule has 1 aromatic rings. The Hall–Kier alpha value is -1.99. The van der Waals surface area contributed by atoms with E-state index in [0.29, 0.717) is 24.8 Å². The highest BCUT2D eigenvalue weighted by atomic mass is 35.5. The van der Waals surface area contributed by atoms with Crippen LogP contribution in [0.2, 0.25) is 0 Å². The molecule has 0 unspecified atom stereocenters. The van der Waals surface area contributed by atoms with Crippen molar-refractivity contribution in [3.63, 3.8) is 0 Å². The first-order chi connectivity index (χ1) is 14.0. The molecule has 0 aliphatic carbocycles. The van der Waals surface area contributed by atoms with E-state index >= 15 is 0 Å². The summed E-state index contributed by atoms with van der Waals surface area (Å²) in [7, 11) is 0. The van der Waals surface area contributed by atoms with E-state index in [-0.39, 0.29) is 25.2 Å². The Balaban J connectivity index is 3.03. The molecule has 0 bridgehead atoms. The minimum atomic E-state index is -1.22. The van der Waals surface area contributed by atoms with Gasteiger partial charge in [-0.05, 0) is 44.9 Å². The third-order valence-corrected chi connectivity index (χ3v) is 4.92. The van der Waals surface area contributed by atoms with Gasteiger partial charge in [-0.3, -0.25) is 9.59 Å². The predicted octanol–water partition coefficient (Wildman–Crippen LogP) is 3.46. The predicted molar refractivity (Wildman–Crippen MR) is 119 cm³/mol. The maximum absolute atomic E-state index is 13.0. The van der Waals surface area contributed by atoms with Gasteiger partial charge in [0.05, 0.1) is 6.42 Å². The van der Waals surface area contributed by atoms with E-state index in [0.717, 1.165) is 11.3 Å². The number of hydrogen-bond acceptors (Lipinski definition) is 4. The molecule has 0 aromatic heterocycles. The van der Waals surface area contributed by atoms with Gasteiger partial charge in [-0.2, -0.15) is 0 Å². The largest absolute Gasteiger partial charge is 0.481 e. The average molecular weight is 461 g/mol. The van der Waals surface area contributed by atoms with Gasteiger partial charge in [0.1, 0.15) is 6.04 Å². The molecule has 1 rings (SSSR count). The fourth-order valence-electron chi connectivity index (χ4n) is 3.30. The number of carbonyl (C=O) groups excluding carboxylic acids is 1. The second kappa shape index (κ2) is 12.0. The van der Waals surface area contributed by atoms with Crippen LogP contribution in [0.3, 0.4) is 0 Å². The zero-order valence-corrected chi connectivity index (χ0v) is 19.1. The summed E-state index contributed by atoms with van der Waals surface area (Å²) in [4.78, 5) is 39.1. The molecule has 168 valence electrons. The molecule has 0 saturated heterocycles. The fourth-order valence-corrected chi connectivity index (χ4v) is 3.71. The normalized spacial score (nSPS) is 12.3. The summed E-state index contributed by atoms with van der Waals surface area (Å²) in [6, 6.07) is 6.17. The maximum atomic E-state index is 13.0. The van der Waals surface area contributed by atoms with Crippen molar-refractivity contribution in [2.75, 3.05) is 29.7 Å². The van der Waals surface area contributed by atoms with Crippen molar-refractivity contribution in [3.8, 4) is 0 Å². The van der Waals surface area contributed by atoms with Crippen molar-refractivity contribution in [3.05, 3.63) is 29.8 Å². The quantitative estimate of drug-likeness (QED) is 0.463. The molecule has 1 atom stereocenters. The molecule has 2 N–H and O–H groups in total. The van der Waals surface area contributed by atoms with E-state index in [1.807, 2.05) is 29.2 Å². The van der Waals surface area contributed by atoms with E-state index in [2.05, 4.69) is 0 Å². The number of halogens is 2. The molecule has 0 aliphatic heterocycles. The van der Waals surface area contributed by atoms with E-state index in [1.54, 1.807) is 20.8 Å². The SMILES string of the molecule is CC(C)(C)N(C(=O)Cc1ccc(N(CCCl)CCCl)cc1)[C@@H](CCC(=O)O)C(=O)O. The average Bonchev–Trinajstić information content (AvgIpc) is 2.64. The Labute approximate surface area is 187 Å². The van der Waals surface area contributed by atoms with Crippen LogP contribution in [0.1, 0.15) is 39.2 Å². The van der Waals surface area contributed by atoms with Crippen molar-refractivity contribution >= 4 is 46.7 Å². The molecule has 0 spiro atoms. The van der Waals surface area contributed by atoms with Crippen LogP contribution in [-0.2, 0) is 20.8 Å². The Kier molecular flexibility index (Phi) is 10.4. The minimum absolute atomic E-state index is 0.0133. The number of carboxylic acid groups (broad SMARTS) is 2. The van der Waals surface area contributed by atoms with E-state index in [1.165, 1.54) is 4.90 Å². The van der Waals surface area contributed by atoms with Gasteiger partial charge < -0.3 is 20.0 Å². The van der Waals surface area contributed by atoms with Crippen molar-refractivity contribution in [1.82, 2.24) is 4.90 Å². The van der Waals surface area contributed by atoms with E-state index < -0.39 is 23.5 Å². The summed E-state index contributed by atoms with van der Waals surface area (Å²) in [5, 5.41) is 18.6. The Morgan fingerprint density at radius 3 is 1.93 bits per heavy atom. The van der Waals surface area contributed by atoms with Gasteiger partial charge in [0.15, 0.2) is 0 Å². The number of rotatable bonds is 12. The molecule has 1 amide bonds. The van der Waals surface area contributed by atoms with Crippen molar-refractivity contribution < 1.29 is 24.6 Å². The summed E-state index contributed by atoms with van der Waals surface area (Å²) in [5.74, 6) is -1.76. The molecule has 1 aromatic carbocycles. The van der Waals surface area contributed by atoms with Crippen LogP contribution in [0.15, 0.2) is 24.3 Å². The van der Waals surface area contributed by atoms with Gasteiger partial charge in [0.25, 0.3) is 0 Å². The molecule has 30 heavy (non-hydrogen) atoms. The third kappa shape index (κ3) is 8.03. The Bertz CT molecular complexity index is 713. The summed E-state index contributed by atoms with van der Waals surface area (Å²) < 4.78 is 0. The van der Waals surface area contributed by atoms with Crippen LogP contribution in [0.4, 0.5) is 5.69 Å². The maximum Gasteiger partial charge on any atom is 0.326 e. The number of aliphatic carboxylic acids is 2. The number of benzene rings is 1. The number of nitrogens with zero attached hydrogens (tertiary/aromatic N) is 2. The summed E-state index contributed by atoms with van der Waals surface area (Å²) >= 11 is 11.7. The molecule has 0 radical (unpaired) electrons. The summed E-state index contributed by atoms with van der Waals surface area (Å²) in [6.07, 6.45) is -0.472. The lowest BCUT2D eigenvalue weighted by molar-refractivity contribution is -0.156. The molecule has 0 fully saturated rings. The zero-order chi connectivity index (χ0) is 22.9. The van der Waals surface area contributed by atoms with Gasteiger partial charge in [-0.1, -0.05) is 12.1 Å². The van der Waals surface area contributed by atoms with Crippen LogP contribution in [0.25, 0.3) is 0 Å². The Morgan fingerprint density at radius 1 is 1.00 bits per heavy atom. The van der Waals surface area contributed by atoms with Gasteiger partial charge in [-0.15, -0.1) is 23.2 Å². The molecule has 7 nitrogen and oxygen atoms in total. The van der Waals surface area contributed by atoms with Gasteiger partial charge in [0, 0.05) is 42.5 Å². The summed E-state index contributed by atoms with van der Waals surface area (Å²) in [5.41, 5.74) is 0.887. The fraction of sp³-hybridized carbons (Fsp3) is 0.571. The topological polar surface area (TPSA) is 98.2 Å². The van der Waals surface area contributed by atoms with E-state index in [4.69, 9.17) is 28.3 Å². The molecule has 0 aliphatic rings. The van der Waals surface area contributed by atoms with Gasteiger partial charge >= 0.3 is 11.9 Å². The van der Waals surface area contributed by atoms with Crippen LogP contribution in [0.5, 0.6) is 0 Å². The number of carboxylic acids is 2. The third-order valence-electron chi connectivity index (χ3n) is 4.59. The van der Waals surface area contributed by atoms with Crippen LogP contribution >= 0.6 is 23.2 Å². The monoisotopic (exact) mass is 460 g/mol. The Morgan fingerprint density at radius 2 is 1.53 bits per heavy atom. The van der Waals surface area contributed by atoms with Crippen molar-refractivity contribution in [1.29, 1.82) is 0 Å². The van der Waals surface area contributed by atoms with Crippen LogP contribution < -0.4 is 4.90 Å². The number of anilines is 1. The number of amides is 1. The first-order valence-corrected chi connectivity index (χ1v) is 10.8. The second-order valence-electron chi connectivity index (χ2n) is 7.93. The second-order valence-corrected chi connectivity index (χ2v) is 8.69. The van der Waals surface area contributed by atoms with Crippen LogP contribution in [0, 0.1) is 0 Å². The first kappa shape index (κ1) is 26.0. The minimum Gasteiger partial charge on any atom is -0.481 e. The lowest BCUT2D eigenvalue weighted by Gasteiger charge is -2.40. The van der Waals surface area contributed by atoms with Crippen molar-refractivity contribution in [2.45, 2.75) is 51.6 Å². The molecular weight excluding hydrogens is 431 g/mol. The number of carbonyl (C=O) groups is 3. The lowest BCUT2D eigenvalue weighted by Crippen LogP contribution is -2.55. The number of hydrogen-bond donors (Lipinski definition) is 2. The highest BCUT2D eigenvalue weighted by molar-refractivity contribution is 6.18. The lowest BCUT2D eigenvalue weighted by atomic mass is 9.98. The van der Waals surface area contributed by atoms with Gasteiger partial charge in [0.2, 0.25) is 5.91 Å². The standard InChI is InChI=1S/C21H30Cl2N2O5/c1-21(2,3)25(17(20(29)30)8-9-19(27)28)18(26)14-15-4-6-16(7-5-15)24(12-10-22)13-11-23/h4-7,17H,8-14H2,1-3H3,(H,27,28)(H,29,30)/t17-/m0/s1. The highest BCUT2D eigenvalue weighted by Gasteiger charge is 2.37. The molecule has 9 heteroatoms. The number of alkyl halides is 2. The van der Waals surface area contributed by atoms with Gasteiger partial charge in [-0.25, -0.2) is 4.79 Å². The molecule has 0 saturated carbocycles. The summed E-state index contributed by atoms with van der Waals surface area (Å²) in [6.45, 7) is 6.51. The molecular formula is C21H30Cl2N2O5. The van der Waals surface area contributed by atoms with Crippen LogP contribution in [-0.4, -0.2) is 69.4 Å². The van der Waals surface area contributed by atoms with E-state index in [9.17, 15) is 19.5 Å². The molecule has 0 heterocycles. The van der Waals surface area contributed by atoms with Crippen molar-refractivity contribution in [2.24, 2.45) is 0 Å². The first-order valence-electron chi connectivity index (χ1n) is 9.73. The zero-order valence-electron chi connectivity index (χ0n) is 17.6.